The van der Waals surface area contributed by atoms with Crippen molar-refractivity contribution in [2.45, 2.75) is 191 Å². The van der Waals surface area contributed by atoms with Crippen LogP contribution >= 0.6 is 0 Å². The van der Waals surface area contributed by atoms with Gasteiger partial charge in [-0.15, -0.1) is 0 Å². The molecule has 0 aromatic heterocycles. The molecular formula is C62H160Y58-16. The normalized spacial score (nSPS) is 3.00. The third-order valence-corrected chi connectivity index (χ3v) is 4.60. The molecule has 598 valence electrons. The molecule has 0 aliphatic heterocycles. The first-order valence-corrected chi connectivity index (χ1v) is 17.1. The van der Waals surface area contributed by atoms with Gasteiger partial charge in [-0.3, -0.25) is 10.8 Å². The molecule has 0 saturated heterocycles. The van der Waals surface area contributed by atoms with E-state index in [2.05, 4.69) is 180 Å². The van der Waals surface area contributed by atoms with Crippen LogP contribution in [0, 0.1) is 239 Å². The van der Waals surface area contributed by atoms with Crippen molar-refractivity contribution in [3.05, 3.63) is 205 Å². The second-order valence-corrected chi connectivity index (χ2v) is 11.3. The SMILES string of the molecule is CCC.CCC.CCC.CCC.CCC.CCC.[CH2-]C.[CH2-]C.[CH2-]C([CH2-])(C(C)C)C(C)C.[CH2-]C([CH2-])(C(C)C)C(C)C.[CH3-].[CH3-].[CH3-].[CH3-].[CH3-].[CH3-].[CH3-].[CH3-].[CH3-].[CH3-].[CH3-].[CH3-].[CH3-].[CH3-].[CH3-].[CH3-].[CH3-].[CH3-].[CH3-].[CH3-].[CH3-].[CH3-].[Y+3].[Y+3].[Y+3].[Y+3].[Y].[Y].[Y].[Y].[Y].[Y].[Y].[Y].[Y].[Y].[Y].[Y].[Y].[Y].[Y].[Y].[Y].[Y].[Y].[Y].[Y].[Y].[Y].[Y].[Y].[Y].[Y].[Y].[Y].[Y].[Y].[Y].[Y].[Y].[Y].[Y].[Y].[Y].[Y].[Y].[Y].[Y].[Y].[Y].[Y].[Y].[Y].[Y].[Y].[Y].[Y].[Y].[Y].[Y]. The van der Waals surface area contributed by atoms with Gasteiger partial charge in [0, 0.05) is 1770 Å². The first-order chi connectivity index (χ1) is 18.3. The molecule has 0 rings (SSSR count). The van der Waals surface area contributed by atoms with Crippen LogP contribution in [0.25, 0.3) is 0 Å². The molecule has 0 amide bonds. The van der Waals surface area contributed by atoms with Crippen LogP contribution in [0.2, 0.25) is 0 Å². The Kier molecular flexibility index (Phi) is 3990. The summed E-state index contributed by atoms with van der Waals surface area (Å²) in [7, 11) is 0. The van der Waals surface area contributed by atoms with Crippen LogP contribution in [0.5, 0.6) is 0 Å². The molecule has 0 unspecified atom stereocenters. The summed E-state index contributed by atoms with van der Waals surface area (Å²) >= 11 is 0. The standard InChI is InChI=1S/2C9H18.6C3H8.2C2H5.22CH3.58Y/c2*1-7(2)9(5,6)8(3)4;6*1-3-2;2*1-2;;;;;;;;;;;;;;;;;;;;;;;;;;;;;;;;;;;;;;;;;;;;;;;;;;;;;;;;;;;;;;;;;;;;;;;;;;;;;;;;/h2*7-8H,5-6H2,1-4H3;6*3H2,1-2H3;2*1H2,2H3;22*1H3;;;;;;;;;;;;;;;;;;;;;;;;;;;;;;;;;;;;;;;;;;;;;;;;;;;;;;;;;;/q2*-2;;;;;;;24*-1;;;;;;;;;;;;;;;;;;;;;;;;;;;;;;;;;;;;;;;;;;;;;;;;;;;;;;;4*+3. The molecule has 0 aromatic rings. The maximum Gasteiger partial charge on any atom is 3.00 e. The molecule has 0 nitrogen and oxygen atoms in total. The molecular weight excluding hydrogens is 5900 g/mol. The third-order valence-electron chi connectivity index (χ3n) is 4.60. The fourth-order valence-electron chi connectivity index (χ4n) is 1.33. The maximum atomic E-state index is 4.06. The Labute approximate surface area is 2250 Å². The van der Waals surface area contributed by atoms with Crippen molar-refractivity contribution in [3.63, 3.8) is 0 Å². The summed E-state index contributed by atoms with van der Waals surface area (Å²) in [6, 6.07) is 0. The van der Waals surface area contributed by atoms with Gasteiger partial charge in [-0.05, 0) is 0 Å². The fourth-order valence-corrected chi connectivity index (χ4v) is 1.33. The van der Waals surface area contributed by atoms with Crippen LogP contribution in [-0.2, 0) is 1900 Å². The molecule has 0 aliphatic rings. The van der Waals surface area contributed by atoms with Crippen molar-refractivity contribution in [1.29, 1.82) is 0 Å². The summed E-state index contributed by atoms with van der Waals surface area (Å²) in [6.45, 7) is 69.1. The Balaban J connectivity index is -0.000000000899. The summed E-state index contributed by atoms with van der Waals surface area (Å²) < 4.78 is 0. The van der Waals surface area contributed by atoms with E-state index in [9.17, 15) is 0 Å². The summed E-state index contributed by atoms with van der Waals surface area (Å²) in [6.07, 6.45) is 7.50. The summed E-state index contributed by atoms with van der Waals surface area (Å²) in [5.74, 6) is 2.27. The Hall–Kier alpha value is 64.0. The summed E-state index contributed by atoms with van der Waals surface area (Å²) in [4.78, 5) is 0. The maximum absolute atomic E-state index is 4.06. The second kappa shape index (κ2) is 686. The molecule has 0 aromatic carbocycles. The number of rotatable bonds is 4. The van der Waals surface area contributed by atoms with E-state index in [1.165, 1.54) is 38.5 Å². The molecule has 58 heteroatoms. The first kappa shape index (κ1) is 697. The molecule has 0 bridgehead atoms. The molecule has 0 N–H and O–H groups in total. The Morgan fingerprint density at radius 2 is 0.142 bits per heavy atom. The average Bonchev–Trinajstić information content (AvgIpc) is 2.85. The molecule has 0 spiro atoms. The van der Waals surface area contributed by atoms with Gasteiger partial charge in [0.05, 0.1) is 0 Å². The van der Waals surface area contributed by atoms with Crippen molar-refractivity contribution >= 4 is 0 Å². The van der Waals surface area contributed by atoms with E-state index in [0.717, 1.165) is 0 Å². The van der Waals surface area contributed by atoms with E-state index in [0.29, 0.717) is 23.7 Å². The van der Waals surface area contributed by atoms with E-state index < -0.39 is 0 Å². The van der Waals surface area contributed by atoms with E-state index in [1.807, 2.05) is 0 Å². The van der Waals surface area contributed by atoms with Gasteiger partial charge >= 0.3 is 131 Å². The van der Waals surface area contributed by atoms with Gasteiger partial charge in [0.25, 0.3) is 0 Å². The minimum Gasteiger partial charge on any atom is -0.366 e. The van der Waals surface area contributed by atoms with Crippen LogP contribution < -0.4 is 0 Å². The zero-order valence-electron chi connectivity index (χ0n) is 89.3. The summed E-state index contributed by atoms with van der Waals surface area (Å²) in [5, 5.41) is 0. The Bertz CT molecular complexity index is 339. The minimum atomic E-state index is 0. The van der Waals surface area contributed by atoms with Gasteiger partial charge in [0.2, 0.25) is 0 Å². The third kappa shape index (κ3) is 770. The predicted octanol–water partition coefficient (Wildman–Crippen LogP) is 25.8. The van der Waals surface area contributed by atoms with Gasteiger partial charge in [-0.1, -0.05) is 201 Å². The van der Waals surface area contributed by atoms with Gasteiger partial charge in [0.1, 0.15) is 0 Å². The van der Waals surface area contributed by atoms with Gasteiger partial charge in [-0.2, -0.15) is 13.8 Å². The van der Waals surface area contributed by atoms with Gasteiger partial charge < -0.3 is 205 Å². The minimum absolute atomic E-state index is 0. The largest absolute Gasteiger partial charge is 3.00 e. The van der Waals surface area contributed by atoms with Crippen LogP contribution in [-0.4, -0.2) is 0 Å². The molecule has 120 heavy (non-hydrogen) atoms. The second-order valence-electron chi connectivity index (χ2n) is 11.3. The number of hydrogen-bond acceptors (Lipinski definition) is 0. The van der Waals surface area contributed by atoms with Crippen LogP contribution in [0.3, 0.4) is 0 Å². The molecule has 0 fully saturated rings. The fraction of sp³-hybridized carbons (Fsp3) is 0.548. The zero-order chi connectivity index (χ0) is 35.6. The van der Waals surface area contributed by atoms with Crippen molar-refractivity contribution in [2.24, 2.45) is 34.5 Å². The quantitative estimate of drug-likeness (QED) is 0.246. The van der Waals surface area contributed by atoms with Gasteiger partial charge in [-0.25, -0.2) is 0 Å². The van der Waals surface area contributed by atoms with E-state index in [-0.39, 0.29) is 2070 Å². The Morgan fingerprint density at radius 3 is 0.142 bits per heavy atom. The van der Waals surface area contributed by atoms with Crippen LogP contribution in [0.4, 0.5) is 0 Å². The average molecular weight is 6060 g/mol. The topological polar surface area (TPSA) is 0 Å². The van der Waals surface area contributed by atoms with Crippen LogP contribution in [0.1, 0.15) is 191 Å². The predicted molar refractivity (Wildman–Crippen MR) is 345 cm³/mol. The Morgan fingerprint density at radius 1 is 0.125 bits per heavy atom. The molecule has 54 radical (unpaired) electrons. The van der Waals surface area contributed by atoms with Crippen molar-refractivity contribution < 1.29 is 1900 Å². The van der Waals surface area contributed by atoms with E-state index in [4.69, 9.17) is 0 Å². The van der Waals surface area contributed by atoms with E-state index in [1.54, 1.807) is 13.8 Å². The van der Waals surface area contributed by atoms with Crippen molar-refractivity contribution in [1.82, 2.24) is 0 Å². The molecule has 0 heterocycles. The summed E-state index contributed by atoms with van der Waals surface area (Å²) in [5.41, 5.74) is 0.000000000000000444. The first-order valence-electron chi connectivity index (χ1n) is 17.1. The van der Waals surface area contributed by atoms with Crippen molar-refractivity contribution in [2.75, 3.05) is 0 Å². The molecule has 0 saturated carbocycles. The molecule has 0 aliphatic carbocycles. The van der Waals surface area contributed by atoms with E-state index >= 15 is 0 Å². The van der Waals surface area contributed by atoms with Crippen LogP contribution in [0.15, 0.2) is 0 Å². The smallest absolute Gasteiger partial charge is 0.366 e. The zero-order valence-corrected chi connectivity index (χ0v) is 254. The van der Waals surface area contributed by atoms with Gasteiger partial charge in [0.15, 0.2) is 0 Å². The monoisotopic (exact) mass is 6060 g/mol. The molecule has 0 atom stereocenters. The number of hydrogen-bond donors (Lipinski definition) is 0. The van der Waals surface area contributed by atoms with Crippen molar-refractivity contribution in [3.8, 4) is 0 Å².